The highest BCUT2D eigenvalue weighted by Gasteiger charge is 2.17. The second kappa shape index (κ2) is 6.54. The monoisotopic (exact) mass is 253 g/mol. The van der Waals surface area contributed by atoms with E-state index in [9.17, 15) is 4.79 Å². The molecule has 0 saturated heterocycles. The van der Waals surface area contributed by atoms with E-state index in [1.807, 2.05) is 18.7 Å². The van der Waals surface area contributed by atoms with Gasteiger partial charge in [-0.25, -0.2) is 0 Å². The second-order valence-electron chi connectivity index (χ2n) is 4.61. The molecule has 1 aromatic rings. The molecule has 0 aromatic carbocycles. The topological polar surface area (TPSA) is 58.4 Å². The first-order valence-electron chi connectivity index (χ1n) is 6.45. The summed E-state index contributed by atoms with van der Waals surface area (Å²) in [6, 6.07) is 2.13. The molecule has 1 heterocycles. The lowest BCUT2D eigenvalue weighted by molar-refractivity contribution is -0.138. The molecular weight excluding hydrogens is 230 g/mol. The molecule has 0 bridgehead atoms. The molecule has 1 unspecified atom stereocenters. The highest BCUT2D eigenvalue weighted by molar-refractivity contribution is 5.67. The standard InChI is InChI=1S/C13H23N3O2/c1-5-11-8-12(15(4)14-11)9-16(6-2)10(3)7-13(17)18/h8,10H,5-7,9H2,1-4H3,(H,17,18). The third kappa shape index (κ3) is 3.84. The molecule has 0 aliphatic rings. The highest BCUT2D eigenvalue weighted by Crippen LogP contribution is 2.12. The molecule has 5 nitrogen and oxygen atoms in total. The summed E-state index contributed by atoms with van der Waals surface area (Å²) in [6.07, 6.45) is 1.09. The molecule has 5 heteroatoms. The van der Waals surface area contributed by atoms with Crippen molar-refractivity contribution in [3.8, 4) is 0 Å². The summed E-state index contributed by atoms with van der Waals surface area (Å²) < 4.78 is 1.88. The van der Waals surface area contributed by atoms with Crippen molar-refractivity contribution in [2.75, 3.05) is 6.54 Å². The van der Waals surface area contributed by atoms with Crippen LogP contribution in [-0.2, 0) is 24.8 Å². The van der Waals surface area contributed by atoms with Gasteiger partial charge in [0.15, 0.2) is 0 Å². The van der Waals surface area contributed by atoms with Gasteiger partial charge in [-0.1, -0.05) is 13.8 Å². The van der Waals surface area contributed by atoms with E-state index in [-0.39, 0.29) is 12.5 Å². The molecule has 1 atom stereocenters. The molecular formula is C13H23N3O2. The van der Waals surface area contributed by atoms with Crippen LogP contribution in [0.25, 0.3) is 0 Å². The van der Waals surface area contributed by atoms with Gasteiger partial charge in [-0.2, -0.15) is 5.10 Å². The Morgan fingerprint density at radius 3 is 2.67 bits per heavy atom. The van der Waals surface area contributed by atoms with Crippen LogP contribution >= 0.6 is 0 Å². The fourth-order valence-electron chi connectivity index (χ4n) is 2.06. The smallest absolute Gasteiger partial charge is 0.304 e. The molecule has 1 N–H and O–H groups in total. The van der Waals surface area contributed by atoms with Gasteiger partial charge in [0.25, 0.3) is 0 Å². The van der Waals surface area contributed by atoms with Crippen molar-refractivity contribution in [2.45, 2.75) is 46.2 Å². The number of nitrogens with zero attached hydrogens (tertiary/aromatic N) is 3. The lowest BCUT2D eigenvalue weighted by Gasteiger charge is -2.26. The largest absolute Gasteiger partial charge is 0.481 e. The Morgan fingerprint density at radius 2 is 2.22 bits per heavy atom. The van der Waals surface area contributed by atoms with Crippen LogP contribution in [0.2, 0.25) is 0 Å². The summed E-state index contributed by atoms with van der Waals surface area (Å²) in [4.78, 5) is 12.9. The maximum absolute atomic E-state index is 10.8. The molecule has 1 rings (SSSR count). The summed E-state index contributed by atoms with van der Waals surface area (Å²) in [7, 11) is 1.93. The number of aliphatic carboxylic acids is 1. The van der Waals surface area contributed by atoms with Crippen LogP contribution in [0.1, 0.15) is 38.6 Å². The number of hydrogen-bond donors (Lipinski definition) is 1. The first-order chi connectivity index (χ1) is 8.47. The summed E-state index contributed by atoms with van der Waals surface area (Å²) in [5, 5.41) is 13.3. The van der Waals surface area contributed by atoms with Gasteiger partial charge < -0.3 is 5.11 Å². The molecule has 0 radical (unpaired) electrons. The number of aromatic nitrogens is 2. The predicted octanol–water partition coefficient (Wildman–Crippen LogP) is 1.67. The molecule has 0 aliphatic heterocycles. The molecule has 102 valence electrons. The van der Waals surface area contributed by atoms with Gasteiger partial charge >= 0.3 is 5.97 Å². The van der Waals surface area contributed by atoms with E-state index in [1.165, 1.54) is 0 Å². The molecule has 1 aromatic heterocycles. The van der Waals surface area contributed by atoms with E-state index in [0.29, 0.717) is 0 Å². The Balaban J connectivity index is 2.72. The van der Waals surface area contributed by atoms with E-state index < -0.39 is 5.97 Å². The minimum Gasteiger partial charge on any atom is -0.481 e. The summed E-state index contributed by atoms with van der Waals surface area (Å²) >= 11 is 0. The van der Waals surface area contributed by atoms with Crippen molar-refractivity contribution in [1.29, 1.82) is 0 Å². The first kappa shape index (κ1) is 14.7. The molecule has 0 amide bonds. The molecule has 18 heavy (non-hydrogen) atoms. The average Bonchev–Trinajstić information content (AvgIpc) is 2.65. The molecule has 0 fully saturated rings. The number of rotatable bonds is 7. The Bertz CT molecular complexity index is 401. The normalized spacial score (nSPS) is 12.9. The molecule has 0 saturated carbocycles. The van der Waals surface area contributed by atoms with Crippen molar-refractivity contribution >= 4 is 5.97 Å². The summed E-state index contributed by atoms with van der Waals surface area (Å²) in [5.41, 5.74) is 2.21. The predicted molar refractivity (Wildman–Crippen MR) is 70.4 cm³/mol. The zero-order valence-electron chi connectivity index (χ0n) is 11.7. The SMILES string of the molecule is CCc1cc(CN(CC)C(C)CC(=O)O)n(C)n1. The third-order valence-corrected chi connectivity index (χ3v) is 3.25. The number of aryl methyl sites for hydroxylation is 2. The van der Waals surface area contributed by atoms with Crippen molar-refractivity contribution < 1.29 is 9.90 Å². The van der Waals surface area contributed by atoms with Gasteiger partial charge in [0.05, 0.1) is 17.8 Å². The van der Waals surface area contributed by atoms with Crippen LogP contribution in [0.3, 0.4) is 0 Å². The summed E-state index contributed by atoms with van der Waals surface area (Å²) in [5.74, 6) is -0.750. The van der Waals surface area contributed by atoms with Gasteiger partial charge in [-0.05, 0) is 26.0 Å². The number of carboxylic acid groups (broad SMARTS) is 1. The fourth-order valence-corrected chi connectivity index (χ4v) is 2.06. The van der Waals surface area contributed by atoms with E-state index in [4.69, 9.17) is 5.11 Å². The van der Waals surface area contributed by atoms with Crippen molar-refractivity contribution in [2.24, 2.45) is 7.05 Å². The number of carboxylic acids is 1. The van der Waals surface area contributed by atoms with Crippen LogP contribution in [0, 0.1) is 0 Å². The fraction of sp³-hybridized carbons (Fsp3) is 0.692. The van der Waals surface area contributed by atoms with Gasteiger partial charge in [-0.15, -0.1) is 0 Å². The van der Waals surface area contributed by atoms with Gasteiger partial charge in [-0.3, -0.25) is 14.4 Å². The van der Waals surface area contributed by atoms with Gasteiger partial charge in [0, 0.05) is 19.6 Å². The highest BCUT2D eigenvalue weighted by atomic mass is 16.4. The van der Waals surface area contributed by atoms with Gasteiger partial charge in [0.2, 0.25) is 0 Å². The number of carbonyl (C=O) groups is 1. The van der Waals surface area contributed by atoms with Crippen molar-refractivity contribution in [3.63, 3.8) is 0 Å². The Morgan fingerprint density at radius 1 is 1.56 bits per heavy atom. The van der Waals surface area contributed by atoms with E-state index in [0.717, 1.165) is 30.9 Å². The molecule has 0 spiro atoms. The Labute approximate surface area is 108 Å². The quantitative estimate of drug-likeness (QED) is 0.803. The zero-order chi connectivity index (χ0) is 13.7. The van der Waals surface area contributed by atoms with E-state index >= 15 is 0 Å². The van der Waals surface area contributed by atoms with E-state index in [1.54, 1.807) is 0 Å². The summed E-state index contributed by atoms with van der Waals surface area (Å²) in [6.45, 7) is 7.66. The number of hydrogen-bond acceptors (Lipinski definition) is 3. The van der Waals surface area contributed by atoms with Crippen LogP contribution in [-0.4, -0.2) is 38.3 Å². The van der Waals surface area contributed by atoms with Crippen LogP contribution < -0.4 is 0 Å². The van der Waals surface area contributed by atoms with Crippen LogP contribution in [0.4, 0.5) is 0 Å². The minimum absolute atomic E-state index is 0.0347. The van der Waals surface area contributed by atoms with Crippen LogP contribution in [0.15, 0.2) is 6.07 Å². The van der Waals surface area contributed by atoms with Gasteiger partial charge in [0.1, 0.15) is 0 Å². The first-order valence-corrected chi connectivity index (χ1v) is 6.45. The maximum atomic E-state index is 10.8. The zero-order valence-corrected chi connectivity index (χ0v) is 11.7. The van der Waals surface area contributed by atoms with E-state index in [2.05, 4.69) is 29.9 Å². The average molecular weight is 253 g/mol. The lowest BCUT2D eigenvalue weighted by atomic mass is 10.2. The van der Waals surface area contributed by atoms with Crippen molar-refractivity contribution in [3.05, 3.63) is 17.5 Å². The van der Waals surface area contributed by atoms with Crippen molar-refractivity contribution in [1.82, 2.24) is 14.7 Å². The second-order valence-corrected chi connectivity index (χ2v) is 4.61. The lowest BCUT2D eigenvalue weighted by Crippen LogP contribution is -2.34. The van der Waals surface area contributed by atoms with Crippen LogP contribution in [0.5, 0.6) is 0 Å². The maximum Gasteiger partial charge on any atom is 0.304 e. The Kier molecular flexibility index (Phi) is 5.34. The Hall–Kier alpha value is -1.36. The minimum atomic E-state index is -0.750. The third-order valence-electron chi connectivity index (χ3n) is 3.25. The molecule has 0 aliphatic carbocycles.